The first kappa shape index (κ1) is 12.7. The van der Waals surface area contributed by atoms with Crippen LogP contribution in [0, 0.1) is 10.1 Å². The van der Waals surface area contributed by atoms with E-state index in [2.05, 4.69) is 15.5 Å². The van der Waals surface area contributed by atoms with Gasteiger partial charge in [0.2, 0.25) is 11.7 Å². The Morgan fingerprint density at radius 3 is 3.05 bits per heavy atom. The van der Waals surface area contributed by atoms with E-state index in [9.17, 15) is 10.1 Å². The van der Waals surface area contributed by atoms with Crippen LogP contribution in [0.2, 0.25) is 0 Å². The molecular weight excluding hydrogens is 260 g/mol. The number of hydrogen-bond donors (Lipinski definition) is 1. The summed E-state index contributed by atoms with van der Waals surface area (Å²) in [5.74, 6) is 0.933. The number of nitrogens with zero attached hydrogens (tertiary/aromatic N) is 3. The summed E-state index contributed by atoms with van der Waals surface area (Å²) >= 11 is 0. The maximum Gasteiger partial charge on any atom is 0.270 e. The zero-order valence-electron chi connectivity index (χ0n) is 10.8. The standard InChI is InChI=1S/C13H14N4O3/c18-17(19)10-5-3-4-9(8-10)12-15-13(20-16-12)11-6-1-2-7-14-11/h3-5,8,11,14H,1-2,6-7H2. The Morgan fingerprint density at radius 1 is 1.40 bits per heavy atom. The molecule has 0 saturated carbocycles. The van der Waals surface area contributed by atoms with Crippen LogP contribution in [0.25, 0.3) is 11.4 Å². The minimum absolute atomic E-state index is 0.0182. The molecule has 1 fully saturated rings. The number of nitro benzene ring substituents is 1. The molecule has 7 nitrogen and oxygen atoms in total. The third-order valence-corrected chi connectivity index (χ3v) is 3.37. The van der Waals surface area contributed by atoms with Gasteiger partial charge in [-0.1, -0.05) is 23.7 Å². The molecular formula is C13H14N4O3. The van der Waals surface area contributed by atoms with Gasteiger partial charge in [-0.2, -0.15) is 4.98 Å². The Hall–Kier alpha value is -2.28. The lowest BCUT2D eigenvalue weighted by atomic mass is 10.1. The number of nitro groups is 1. The highest BCUT2D eigenvalue weighted by Crippen LogP contribution is 2.25. The Bertz CT molecular complexity index is 620. The maximum absolute atomic E-state index is 10.8. The van der Waals surface area contributed by atoms with E-state index in [1.165, 1.54) is 12.1 Å². The topological polar surface area (TPSA) is 94.1 Å². The van der Waals surface area contributed by atoms with Gasteiger partial charge in [-0.3, -0.25) is 10.1 Å². The number of benzene rings is 1. The lowest BCUT2D eigenvalue weighted by molar-refractivity contribution is -0.384. The molecule has 1 saturated heterocycles. The second-order valence-corrected chi connectivity index (χ2v) is 4.77. The van der Waals surface area contributed by atoms with E-state index < -0.39 is 4.92 Å². The second-order valence-electron chi connectivity index (χ2n) is 4.77. The fourth-order valence-corrected chi connectivity index (χ4v) is 2.32. The average Bonchev–Trinajstić information content (AvgIpc) is 2.98. The van der Waals surface area contributed by atoms with Crippen LogP contribution in [0.15, 0.2) is 28.8 Å². The van der Waals surface area contributed by atoms with E-state index in [1.807, 2.05) is 0 Å². The summed E-state index contributed by atoms with van der Waals surface area (Å²) in [6, 6.07) is 6.32. The van der Waals surface area contributed by atoms with Crippen LogP contribution in [-0.4, -0.2) is 21.6 Å². The molecule has 0 bridgehead atoms. The highest BCUT2D eigenvalue weighted by Gasteiger charge is 2.21. The number of non-ortho nitro benzene ring substituents is 1. The third kappa shape index (κ3) is 2.53. The number of nitrogens with one attached hydrogen (secondary N) is 1. The van der Waals surface area contributed by atoms with Crippen molar-refractivity contribution < 1.29 is 9.45 Å². The lowest BCUT2D eigenvalue weighted by Crippen LogP contribution is -2.26. The van der Waals surface area contributed by atoms with Crippen LogP contribution in [0.4, 0.5) is 5.69 Å². The van der Waals surface area contributed by atoms with E-state index in [-0.39, 0.29) is 11.7 Å². The molecule has 0 spiro atoms. The molecule has 1 N–H and O–H groups in total. The number of rotatable bonds is 3. The van der Waals surface area contributed by atoms with Crippen molar-refractivity contribution in [3.05, 3.63) is 40.3 Å². The van der Waals surface area contributed by atoms with Crippen LogP contribution >= 0.6 is 0 Å². The Kier molecular flexibility index (Phi) is 3.42. The van der Waals surface area contributed by atoms with Crippen molar-refractivity contribution >= 4 is 5.69 Å². The molecule has 0 aliphatic carbocycles. The van der Waals surface area contributed by atoms with Crippen LogP contribution in [0.5, 0.6) is 0 Å². The molecule has 1 aromatic carbocycles. The highest BCUT2D eigenvalue weighted by atomic mass is 16.6. The van der Waals surface area contributed by atoms with Gasteiger partial charge in [0, 0.05) is 17.7 Å². The van der Waals surface area contributed by atoms with E-state index >= 15 is 0 Å². The Labute approximate surface area is 115 Å². The van der Waals surface area contributed by atoms with Crippen LogP contribution < -0.4 is 5.32 Å². The first-order valence-corrected chi connectivity index (χ1v) is 6.56. The van der Waals surface area contributed by atoms with Gasteiger partial charge in [0.25, 0.3) is 5.69 Å². The fourth-order valence-electron chi connectivity index (χ4n) is 2.32. The SMILES string of the molecule is O=[N+]([O-])c1cccc(-c2noc(C3CCCCN3)n2)c1. The van der Waals surface area contributed by atoms with Gasteiger partial charge in [-0.05, 0) is 19.4 Å². The van der Waals surface area contributed by atoms with Gasteiger partial charge >= 0.3 is 0 Å². The van der Waals surface area contributed by atoms with Crippen molar-refractivity contribution in [1.29, 1.82) is 0 Å². The van der Waals surface area contributed by atoms with E-state index in [1.54, 1.807) is 12.1 Å². The van der Waals surface area contributed by atoms with Crippen LogP contribution in [0.1, 0.15) is 31.2 Å². The molecule has 1 aromatic heterocycles. The predicted octanol–water partition coefficient (Wildman–Crippen LogP) is 2.46. The number of piperidine rings is 1. The van der Waals surface area contributed by atoms with Crippen LogP contribution in [0.3, 0.4) is 0 Å². The van der Waals surface area contributed by atoms with Gasteiger partial charge in [0.15, 0.2) is 0 Å². The average molecular weight is 274 g/mol. The molecule has 0 radical (unpaired) electrons. The normalized spacial score (nSPS) is 18.9. The summed E-state index contributed by atoms with van der Waals surface area (Å²) in [5, 5.41) is 18.0. The molecule has 3 rings (SSSR count). The first-order valence-electron chi connectivity index (χ1n) is 6.56. The third-order valence-electron chi connectivity index (χ3n) is 3.37. The molecule has 2 heterocycles. The van der Waals surface area contributed by atoms with Gasteiger partial charge in [0.1, 0.15) is 0 Å². The molecule has 104 valence electrons. The summed E-state index contributed by atoms with van der Waals surface area (Å²) in [5.41, 5.74) is 0.606. The largest absolute Gasteiger partial charge is 0.337 e. The Balaban J connectivity index is 1.85. The minimum atomic E-state index is -0.437. The highest BCUT2D eigenvalue weighted by molar-refractivity contribution is 5.58. The molecule has 1 unspecified atom stereocenters. The fraction of sp³-hybridized carbons (Fsp3) is 0.385. The summed E-state index contributed by atoms with van der Waals surface area (Å²) in [6.45, 7) is 0.944. The summed E-state index contributed by atoms with van der Waals surface area (Å²) in [4.78, 5) is 14.7. The Morgan fingerprint density at radius 2 is 2.30 bits per heavy atom. The number of hydrogen-bond acceptors (Lipinski definition) is 6. The smallest absolute Gasteiger partial charge is 0.270 e. The van der Waals surface area contributed by atoms with Gasteiger partial charge in [-0.25, -0.2) is 0 Å². The monoisotopic (exact) mass is 274 g/mol. The zero-order valence-corrected chi connectivity index (χ0v) is 10.8. The number of aromatic nitrogens is 2. The lowest BCUT2D eigenvalue weighted by Gasteiger charge is -2.19. The van der Waals surface area contributed by atoms with E-state index in [4.69, 9.17) is 4.52 Å². The first-order chi connectivity index (χ1) is 9.74. The van der Waals surface area contributed by atoms with Crippen molar-refractivity contribution in [1.82, 2.24) is 15.5 Å². The minimum Gasteiger partial charge on any atom is -0.337 e. The summed E-state index contributed by atoms with van der Waals surface area (Å²) < 4.78 is 5.27. The molecule has 2 aromatic rings. The summed E-state index contributed by atoms with van der Waals surface area (Å²) in [6.07, 6.45) is 3.26. The summed E-state index contributed by atoms with van der Waals surface area (Å²) in [7, 11) is 0. The van der Waals surface area contributed by atoms with Crippen molar-refractivity contribution in [3.63, 3.8) is 0 Å². The molecule has 20 heavy (non-hydrogen) atoms. The maximum atomic E-state index is 10.8. The molecule has 1 aliphatic heterocycles. The molecule has 1 atom stereocenters. The predicted molar refractivity (Wildman–Crippen MR) is 71.0 cm³/mol. The van der Waals surface area contributed by atoms with E-state index in [0.717, 1.165) is 25.8 Å². The molecule has 1 aliphatic rings. The van der Waals surface area contributed by atoms with Crippen molar-refractivity contribution in [2.45, 2.75) is 25.3 Å². The van der Waals surface area contributed by atoms with Gasteiger partial charge < -0.3 is 9.84 Å². The van der Waals surface area contributed by atoms with E-state index in [0.29, 0.717) is 17.3 Å². The molecule has 0 amide bonds. The molecule has 7 heteroatoms. The van der Waals surface area contributed by atoms with Crippen molar-refractivity contribution in [2.75, 3.05) is 6.54 Å². The van der Waals surface area contributed by atoms with Crippen LogP contribution in [-0.2, 0) is 0 Å². The van der Waals surface area contributed by atoms with Crippen molar-refractivity contribution in [2.24, 2.45) is 0 Å². The van der Waals surface area contributed by atoms with Gasteiger partial charge in [0.05, 0.1) is 11.0 Å². The quantitative estimate of drug-likeness (QED) is 0.682. The second kappa shape index (κ2) is 5.38. The van der Waals surface area contributed by atoms with Gasteiger partial charge in [-0.15, -0.1) is 0 Å². The zero-order chi connectivity index (χ0) is 13.9. The van der Waals surface area contributed by atoms with Crippen molar-refractivity contribution in [3.8, 4) is 11.4 Å².